The van der Waals surface area contributed by atoms with E-state index in [0.717, 1.165) is 45.1 Å². The van der Waals surface area contributed by atoms with Crippen LogP contribution in [0.4, 0.5) is 11.4 Å². The minimum absolute atomic E-state index is 0. The topological polar surface area (TPSA) is 94.6 Å². The van der Waals surface area contributed by atoms with E-state index >= 15 is 0 Å². The summed E-state index contributed by atoms with van der Waals surface area (Å²) in [4.78, 5) is 8.75. The Bertz CT molecular complexity index is 1920. The number of aromatic nitrogens is 2. The molecule has 0 unspecified atom stereocenters. The molecule has 6 aromatic rings. The molecular weight excluding hydrogens is 830 g/mol. The van der Waals surface area contributed by atoms with Gasteiger partial charge >= 0.3 is 0 Å². The zero-order valence-corrected chi connectivity index (χ0v) is 30.0. The van der Waals surface area contributed by atoms with Crippen molar-refractivity contribution in [2.75, 3.05) is 10.6 Å². The zero-order valence-electron chi connectivity index (χ0n) is 25.4. The predicted molar refractivity (Wildman–Crippen MR) is 213 cm³/mol. The van der Waals surface area contributed by atoms with Gasteiger partial charge in [0.15, 0.2) is 34.4 Å². The third-order valence-corrected chi connectivity index (χ3v) is 6.77. The normalized spacial score (nSPS) is 14.8. The summed E-state index contributed by atoms with van der Waals surface area (Å²) in [7, 11) is 0. The first-order valence-corrected chi connectivity index (χ1v) is 14.7. The van der Waals surface area contributed by atoms with E-state index in [2.05, 4.69) is 20.6 Å². The van der Waals surface area contributed by atoms with Crippen LogP contribution in [0.2, 0.25) is 0 Å². The van der Waals surface area contributed by atoms with E-state index in [1.54, 1.807) is 0 Å². The van der Waals surface area contributed by atoms with E-state index in [1.165, 1.54) is 0 Å². The Balaban J connectivity index is 0.000000180. The van der Waals surface area contributed by atoms with E-state index in [4.69, 9.17) is 18.3 Å². The van der Waals surface area contributed by atoms with Crippen LogP contribution in [0.1, 0.15) is 11.8 Å². The lowest BCUT2D eigenvalue weighted by Crippen LogP contribution is -1.94. The fourth-order valence-electron chi connectivity index (χ4n) is 4.64. The first-order valence-electron chi connectivity index (χ1n) is 14.7. The largest absolute Gasteiger partial charge is 0.439 e. The van der Waals surface area contributed by atoms with E-state index < -0.39 is 0 Å². The molecule has 0 fully saturated rings. The minimum Gasteiger partial charge on any atom is -0.439 e. The number of hydrogen-bond acceptors (Lipinski definition) is 8. The smallest absolute Gasteiger partial charge is 0.219 e. The number of anilines is 2. The summed E-state index contributed by atoms with van der Waals surface area (Å²) in [6.07, 6.45) is 18.7. The number of para-hydroxylation sites is 8. The van der Waals surface area contributed by atoms with Gasteiger partial charge < -0.3 is 28.9 Å². The molecule has 2 aromatic heterocycles. The lowest BCUT2D eigenvalue weighted by molar-refractivity contribution is 0.457. The SMILES string of the molecule is C(=CC=C1Nc2ccccc2O1)C=Cc1nc2ccccc2o1.C(=CC=C1Nc2ccccc2O1)C=Cc1nc2ccccc2o1.I.I. The van der Waals surface area contributed by atoms with Crippen LogP contribution in [0.15, 0.2) is 166 Å². The fourth-order valence-corrected chi connectivity index (χ4v) is 4.64. The molecule has 8 nitrogen and oxygen atoms in total. The van der Waals surface area contributed by atoms with Crippen molar-refractivity contribution in [1.29, 1.82) is 0 Å². The van der Waals surface area contributed by atoms with E-state index in [0.29, 0.717) is 23.5 Å². The zero-order chi connectivity index (χ0) is 31.0. The highest BCUT2D eigenvalue weighted by Gasteiger charge is 2.14. The third-order valence-electron chi connectivity index (χ3n) is 6.77. The van der Waals surface area contributed by atoms with Crippen molar-refractivity contribution in [1.82, 2.24) is 9.97 Å². The van der Waals surface area contributed by atoms with Gasteiger partial charge in [-0.15, -0.1) is 48.0 Å². The molecule has 48 heavy (non-hydrogen) atoms. The lowest BCUT2D eigenvalue weighted by Gasteiger charge is -1.94. The molecule has 0 saturated heterocycles. The number of fused-ring (bicyclic) bond motifs is 4. The Kier molecular flexibility index (Phi) is 11.9. The van der Waals surface area contributed by atoms with Crippen LogP contribution in [-0.2, 0) is 0 Å². The highest BCUT2D eigenvalue weighted by Crippen LogP contribution is 2.33. The number of nitrogens with one attached hydrogen (secondary N) is 2. The molecule has 0 amide bonds. The number of oxazole rings is 2. The summed E-state index contributed by atoms with van der Waals surface area (Å²) in [5.41, 5.74) is 5.27. The maximum atomic E-state index is 5.66. The second-order valence-corrected chi connectivity index (χ2v) is 10.0. The second-order valence-electron chi connectivity index (χ2n) is 10.0. The molecule has 4 heterocycles. The van der Waals surface area contributed by atoms with Crippen molar-refractivity contribution in [3.05, 3.63) is 169 Å². The molecule has 8 rings (SSSR count). The molecule has 10 heteroatoms. The molecule has 2 aliphatic heterocycles. The Morgan fingerprint density at radius 3 is 1.31 bits per heavy atom. The molecule has 240 valence electrons. The number of halogens is 2. The van der Waals surface area contributed by atoms with Crippen LogP contribution in [0.5, 0.6) is 11.5 Å². The summed E-state index contributed by atoms with van der Waals surface area (Å²) in [5, 5.41) is 6.39. The maximum absolute atomic E-state index is 5.66. The molecule has 0 bridgehead atoms. The summed E-state index contributed by atoms with van der Waals surface area (Å²) in [6.45, 7) is 0. The second kappa shape index (κ2) is 16.7. The molecule has 0 aliphatic carbocycles. The van der Waals surface area contributed by atoms with Gasteiger partial charge in [0.2, 0.25) is 11.8 Å². The maximum Gasteiger partial charge on any atom is 0.219 e. The van der Waals surface area contributed by atoms with Gasteiger partial charge in [-0.25, -0.2) is 9.97 Å². The van der Waals surface area contributed by atoms with Crippen LogP contribution in [0.25, 0.3) is 34.4 Å². The standard InChI is InChI=1S/2C19H14N2O2.2HI/c2*1(2-12-18-20-14-8-4-6-10-16(14)22-18)3-13-19-21-15-9-5-7-11-17(15)23-19;;/h2*1-13,20H;2*1H. The number of ether oxygens (including phenoxy) is 2. The predicted octanol–water partition coefficient (Wildman–Crippen LogP) is 10.7. The first-order chi connectivity index (χ1) is 22.8. The van der Waals surface area contributed by atoms with Gasteiger partial charge in [0.05, 0.1) is 11.4 Å². The lowest BCUT2D eigenvalue weighted by atomic mass is 10.3. The third kappa shape index (κ3) is 8.63. The van der Waals surface area contributed by atoms with Crippen molar-refractivity contribution in [3.8, 4) is 11.5 Å². The molecule has 2 aliphatic rings. The highest BCUT2D eigenvalue weighted by atomic mass is 127. The Hall–Kier alpha value is -5.08. The number of benzene rings is 4. The Morgan fingerprint density at radius 2 is 0.875 bits per heavy atom. The fraction of sp³-hybridized carbons (Fsp3) is 0. The van der Waals surface area contributed by atoms with Crippen molar-refractivity contribution >= 4 is 93.7 Å². The minimum atomic E-state index is 0. The molecule has 0 saturated carbocycles. The van der Waals surface area contributed by atoms with Crippen LogP contribution >= 0.6 is 48.0 Å². The van der Waals surface area contributed by atoms with Gasteiger partial charge in [-0.3, -0.25) is 0 Å². The summed E-state index contributed by atoms with van der Waals surface area (Å²) in [5.74, 6) is 4.27. The van der Waals surface area contributed by atoms with Crippen LogP contribution in [0.3, 0.4) is 0 Å². The van der Waals surface area contributed by atoms with Crippen molar-refractivity contribution < 1.29 is 18.3 Å². The summed E-state index contributed by atoms with van der Waals surface area (Å²) < 4.78 is 22.5. The van der Waals surface area contributed by atoms with Crippen molar-refractivity contribution in [3.63, 3.8) is 0 Å². The quantitative estimate of drug-likeness (QED) is 0.126. The Labute approximate surface area is 311 Å². The first kappa shape index (κ1) is 34.3. The van der Waals surface area contributed by atoms with Crippen LogP contribution < -0.4 is 20.1 Å². The van der Waals surface area contributed by atoms with Gasteiger partial charge in [-0.05, 0) is 60.7 Å². The molecule has 2 N–H and O–H groups in total. The van der Waals surface area contributed by atoms with E-state index in [1.807, 2.05) is 158 Å². The number of allylic oxidation sites excluding steroid dienone is 8. The van der Waals surface area contributed by atoms with E-state index in [-0.39, 0.29) is 48.0 Å². The molecule has 0 spiro atoms. The van der Waals surface area contributed by atoms with Gasteiger partial charge in [0, 0.05) is 12.2 Å². The average molecular weight is 860 g/mol. The van der Waals surface area contributed by atoms with Gasteiger partial charge in [0.1, 0.15) is 11.0 Å². The number of rotatable bonds is 6. The number of hydrogen-bond donors (Lipinski definition) is 2. The summed E-state index contributed by atoms with van der Waals surface area (Å²) in [6, 6.07) is 31.1. The molecule has 0 radical (unpaired) electrons. The Morgan fingerprint density at radius 1 is 0.458 bits per heavy atom. The van der Waals surface area contributed by atoms with Crippen molar-refractivity contribution in [2.24, 2.45) is 0 Å². The van der Waals surface area contributed by atoms with Crippen LogP contribution in [-0.4, -0.2) is 9.97 Å². The van der Waals surface area contributed by atoms with E-state index in [9.17, 15) is 0 Å². The highest BCUT2D eigenvalue weighted by molar-refractivity contribution is 14.0. The monoisotopic (exact) mass is 860 g/mol. The van der Waals surface area contributed by atoms with Crippen molar-refractivity contribution in [2.45, 2.75) is 0 Å². The van der Waals surface area contributed by atoms with Crippen LogP contribution in [0, 0.1) is 0 Å². The van der Waals surface area contributed by atoms with Gasteiger partial charge in [-0.1, -0.05) is 85.0 Å². The molecular formula is C38H30I2N4O4. The number of nitrogens with zero attached hydrogens (tertiary/aromatic N) is 2. The summed E-state index contributed by atoms with van der Waals surface area (Å²) >= 11 is 0. The van der Waals surface area contributed by atoms with Gasteiger partial charge in [0.25, 0.3) is 0 Å². The molecule has 4 aromatic carbocycles. The average Bonchev–Trinajstić information content (AvgIpc) is 3.88. The van der Waals surface area contributed by atoms with Gasteiger partial charge in [-0.2, -0.15) is 0 Å². The molecule has 0 atom stereocenters.